The van der Waals surface area contributed by atoms with Crippen LogP contribution in [0.25, 0.3) is 17.4 Å². The minimum absolute atomic E-state index is 0.0459. The van der Waals surface area contributed by atoms with Crippen molar-refractivity contribution in [3.8, 4) is 11.3 Å². The average molecular weight is 489 g/mol. The van der Waals surface area contributed by atoms with Crippen molar-refractivity contribution in [1.29, 1.82) is 0 Å². The monoisotopic (exact) mass is 488 g/mol. The molecule has 1 aromatic heterocycles. The van der Waals surface area contributed by atoms with Crippen LogP contribution in [0.5, 0.6) is 0 Å². The van der Waals surface area contributed by atoms with E-state index < -0.39 is 4.92 Å². The van der Waals surface area contributed by atoms with Gasteiger partial charge in [-0.3, -0.25) is 19.7 Å². The Labute approximate surface area is 209 Å². The highest BCUT2D eigenvalue weighted by atomic mass is 16.6. The van der Waals surface area contributed by atoms with Gasteiger partial charge in [0.2, 0.25) is 11.8 Å². The second-order valence-electron chi connectivity index (χ2n) is 8.46. The lowest BCUT2D eigenvalue weighted by atomic mass is 10.1. The summed E-state index contributed by atoms with van der Waals surface area (Å²) in [7, 11) is 0. The van der Waals surface area contributed by atoms with E-state index >= 15 is 0 Å². The molecule has 1 aliphatic heterocycles. The van der Waals surface area contributed by atoms with Gasteiger partial charge in [0.1, 0.15) is 11.5 Å². The predicted octanol–water partition coefficient (Wildman–Crippen LogP) is 4.96. The Bertz CT molecular complexity index is 1260. The van der Waals surface area contributed by atoms with Gasteiger partial charge in [0.05, 0.1) is 10.5 Å². The van der Waals surface area contributed by atoms with E-state index in [-0.39, 0.29) is 17.5 Å². The number of rotatable bonds is 8. The number of carbonyl (C=O) groups excluding carboxylic acids is 2. The predicted molar refractivity (Wildman–Crippen MR) is 139 cm³/mol. The molecule has 0 unspecified atom stereocenters. The van der Waals surface area contributed by atoms with Crippen LogP contribution in [0.4, 0.5) is 17.1 Å². The van der Waals surface area contributed by atoms with Crippen molar-refractivity contribution >= 4 is 35.0 Å². The number of nitrogens with zero attached hydrogens (tertiary/aromatic N) is 3. The first-order valence-corrected chi connectivity index (χ1v) is 11.9. The van der Waals surface area contributed by atoms with Crippen LogP contribution in [0.2, 0.25) is 0 Å². The number of hydrogen-bond acceptors (Lipinski definition) is 6. The number of amides is 2. The molecule has 1 fully saturated rings. The topological polar surface area (TPSA) is 109 Å². The summed E-state index contributed by atoms with van der Waals surface area (Å²) in [6.45, 7) is 5.00. The van der Waals surface area contributed by atoms with Gasteiger partial charge in [0.15, 0.2) is 0 Å². The first-order chi connectivity index (χ1) is 17.4. The zero-order valence-electron chi connectivity index (χ0n) is 20.1. The molecule has 9 nitrogen and oxygen atoms in total. The molecule has 9 heteroatoms. The first-order valence-electron chi connectivity index (χ1n) is 11.9. The second kappa shape index (κ2) is 11.4. The quantitative estimate of drug-likeness (QED) is 0.273. The Kier molecular flexibility index (Phi) is 7.79. The van der Waals surface area contributed by atoms with E-state index in [1.807, 2.05) is 36.1 Å². The fourth-order valence-corrected chi connectivity index (χ4v) is 4.11. The van der Waals surface area contributed by atoms with Gasteiger partial charge in [-0.1, -0.05) is 19.1 Å². The van der Waals surface area contributed by atoms with Crippen LogP contribution in [0.3, 0.4) is 0 Å². The molecule has 186 valence electrons. The van der Waals surface area contributed by atoms with Crippen molar-refractivity contribution in [2.45, 2.75) is 19.8 Å². The van der Waals surface area contributed by atoms with Crippen LogP contribution in [-0.2, 0) is 9.59 Å². The highest BCUT2D eigenvalue weighted by Gasteiger charge is 2.20. The molecule has 36 heavy (non-hydrogen) atoms. The average Bonchev–Trinajstić information content (AvgIpc) is 3.37. The Morgan fingerprint density at radius 2 is 1.75 bits per heavy atom. The van der Waals surface area contributed by atoms with Crippen LogP contribution in [-0.4, -0.2) is 47.8 Å². The summed E-state index contributed by atoms with van der Waals surface area (Å²) in [4.78, 5) is 39.4. The van der Waals surface area contributed by atoms with Gasteiger partial charge < -0.3 is 19.5 Å². The smallest absolute Gasteiger partial charge is 0.280 e. The van der Waals surface area contributed by atoms with Gasteiger partial charge in [-0.05, 0) is 55.0 Å². The summed E-state index contributed by atoms with van der Waals surface area (Å²) >= 11 is 0. The number of nitro groups is 1. The summed E-state index contributed by atoms with van der Waals surface area (Å²) in [6, 6.07) is 17.2. The standard InChI is InChI=1S/C27H28N4O5/c1-2-5-27(33)30-18-16-29(17-19-30)21-10-8-20(9-11-21)28-26(32)15-13-22-12-14-25(36-22)23-6-3-4-7-24(23)31(34)35/h3-4,6-15H,2,5,16-19H2,1H3,(H,28,32)/b15-13+. The van der Waals surface area contributed by atoms with E-state index in [0.717, 1.165) is 25.2 Å². The fourth-order valence-electron chi connectivity index (χ4n) is 4.11. The summed E-state index contributed by atoms with van der Waals surface area (Å²) < 4.78 is 5.68. The van der Waals surface area contributed by atoms with Crippen LogP contribution in [0.15, 0.2) is 71.2 Å². The Hall–Kier alpha value is -4.40. The Morgan fingerprint density at radius 1 is 1.03 bits per heavy atom. The molecular formula is C27H28N4O5. The number of anilines is 2. The van der Waals surface area contributed by atoms with Gasteiger partial charge in [-0.25, -0.2) is 0 Å². The lowest BCUT2D eigenvalue weighted by Crippen LogP contribution is -2.48. The molecule has 2 heterocycles. The molecule has 2 aromatic carbocycles. The minimum Gasteiger partial charge on any atom is -0.456 e. The van der Waals surface area contributed by atoms with Gasteiger partial charge in [0.25, 0.3) is 5.69 Å². The maximum Gasteiger partial charge on any atom is 0.280 e. The normalized spacial score (nSPS) is 13.7. The highest BCUT2D eigenvalue weighted by Crippen LogP contribution is 2.31. The van der Waals surface area contributed by atoms with E-state index in [4.69, 9.17) is 4.42 Å². The largest absolute Gasteiger partial charge is 0.456 e. The van der Waals surface area contributed by atoms with Crippen molar-refractivity contribution in [1.82, 2.24) is 4.90 Å². The summed E-state index contributed by atoms with van der Waals surface area (Å²) in [5.74, 6) is 0.656. The zero-order valence-corrected chi connectivity index (χ0v) is 20.1. The van der Waals surface area contributed by atoms with Crippen LogP contribution in [0, 0.1) is 10.1 Å². The highest BCUT2D eigenvalue weighted by molar-refractivity contribution is 6.01. The molecule has 1 N–H and O–H groups in total. The molecular weight excluding hydrogens is 460 g/mol. The summed E-state index contributed by atoms with van der Waals surface area (Å²) in [5, 5.41) is 14.1. The molecule has 1 saturated heterocycles. The lowest BCUT2D eigenvalue weighted by molar-refractivity contribution is -0.384. The van der Waals surface area contributed by atoms with E-state index in [0.29, 0.717) is 42.3 Å². The van der Waals surface area contributed by atoms with Crippen LogP contribution >= 0.6 is 0 Å². The molecule has 1 aliphatic rings. The SMILES string of the molecule is CCCC(=O)N1CCN(c2ccc(NC(=O)/C=C/c3ccc(-c4ccccc4[N+](=O)[O-])o3)cc2)CC1. The number of furan rings is 1. The Morgan fingerprint density at radius 3 is 2.44 bits per heavy atom. The maximum atomic E-state index is 12.4. The van der Waals surface area contributed by atoms with E-state index in [9.17, 15) is 19.7 Å². The van der Waals surface area contributed by atoms with Gasteiger partial charge in [-0.15, -0.1) is 0 Å². The number of para-hydroxylation sites is 1. The Balaban J connectivity index is 1.31. The molecule has 0 bridgehead atoms. The van der Waals surface area contributed by atoms with Crippen LogP contribution < -0.4 is 10.2 Å². The van der Waals surface area contributed by atoms with E-state index in [1.165, 1.54) is 18.2 Å². The molecule has 3 aromatic rings. The molecule has 0 radical (unpaired) electrons. The van der Waals surface area contributed by atoms with Gasteiger partial charge in [0, 0.05) is 56.1 Å². The van der Waals surface area contributed by atoms with Crippen molar-refractivity contribution in [2.24, 2.45) is 0 Å². The molecule has 0 aliphatic carbocycles. The zero-order chi connectivity index (χ0) is 25.5. The summed E-state index contributed by atoms with van der Waals surface area (Å²) in [5.41, 5.74) is 2.03. The van der Waals surface area contributed by atoms with E-state index in [2.05, 4.69) is 10.2 Å². The van der Waals surface area contributed by atoms with Crippen molar-refractivity contribution in [2.75, 3.05) is 36.4 Å². The molecule has 0 atom stereocenters. The molecule has 2 amide bonds. The number of carbonyl (C=O) groups is 2. The van der Waals surface area contributed by atoms with E-state index in [1.54, 1.807) is 30.3 Å². The summed E-state index contributed by atoms with van der Waals surface area (Å²) in [6.07, 6.45) is 4.33. The van der Waals surface area contributed by atoms with Crippen molar-refractivity contribution in [3.63, 3.8) is 0 Å². The number of benzene rings is 2. The molecule has 4 rings (SSSR count). The minimum atomic E-state index is -0.458. The number of nitro benzene ring substituents is 1. The first kappa shape index (κ1) is 24.7. The number of piperazine rings is 1. The number of nitrogens with one attached hydrogen (secondary N) is 1. The third-order valence-corrected chi connectivity index (χ3v) is 5.99. The molecule has 0 spiro atoms. The van der Waals surface area contributed by atoms with Crippen molar-refractivity contribution < 1.29 is 18.9 Å². The second-order valence-corrected chi connectivity index (χ2v) is 8.46. The van der Waals surface area contributed by atoms with Gasteiger partial charge in [-0.2, -0.15) is 0 Å². The third-order valence-electron chi connectivity index (χ3n) is 5.99. The third kappa shape index (κ3) is 5.99. The number of hydrogen-bond donors (Lipinski definition) is 1. The van der Waals surface area contributed by atoms with Gasteiger partial charge >= 0.3 is 0 Å². The fraction of sp³-hybridized carbons (Fsp3) is 0.259. The molecule has 0 saturated carbocycles. The maximum absolute atomic E-state index is 12.4. The van der Waals surface area contributed by atoms with Crippen LogP contribution in [0.1, 0.15) is 25.5 Å². The van der Waals surface area contributed by atoms with Crippen molar-refractivity contribution in [3.05, 3.63) is 82.6 Å². The lowest BCUT2D eigenvalue weighted by Gasteiger charge is -2.36.